The second-order valence-electron chi connectivity index (χ2n) is 6.10. The second-order valence-corrected chi connectivity index (χ2v) is 6.10. The van der Waals surface area contributed by atoms with Crippen molar-refractivity contribution in [3.05, 3.63) is 53.8 Å². The van der Waals surface area contributed by atoms with E-state index < -0.39 is 42.7 Å². The molecule has 152 valence electrons. The second kappa shape index (κ2) is 8.63. The summed E-state index contributed by atoms with van der Waals surface area (Å²) in [6, 6.07) is 8.79. The third-order valence-corrected chi connectivity index (χ3v) is 4.05. The lowest BCUT2D eigenvalue weighted by Gasteiger charge is -2.24. The van der Waals surface area contributed by atoms with E-state index in [-0.39, 0.29) is 23.5 Å². The van der Waals surface area contributed by atoms with E-state index in [1.54, 1.807) is 0 Å². The van der Waals surface area contributed by atoms with Crippen LogP contribution in [-0.2, 0) is 19.1 Å². The molecule has 2 N–H and O–H groups in total. The minimum atomic E-state index is -2.96. The summed E-state index contributed by atoms with van der Waals surface area (Å²) in [5.74, 6) is -3.54. The molecular weight excluding hydrogens is 393 g/mol. The van der Waals surface area contributed by atoms with Crippen LogP contribution in [0.3, 0.4) is 0 Å². The predicted molar refractivity (Wildman–Crippen MR) is 95.1 cm³/mol. The molecule has 7 nitrogen and oxygen atoms in total. The fourth-order valence-corrected chi connectivity index (χ4v) is 2.80. The summed E-state index contributed by atoms with van der Waals surface area (Å²) >= 11 is 0. The highest BCUT2D eigenvalue weighted by Gasteiger charge is 2.32. The van der Waals surface area contributed by atoms with Gasteiger partial charge in [-0.25, -0.2) is 4.39 Å². The van der Waals surface area contributed by atoms with Crippen LogP contribution in [0.15, 0.2) is 42.5 Å². The number of fused-ring (bicyclic) bond motifs is 1. The molecule has 0 saturated heterocycles. The minimum absolute atomic E-state index is 0.0740. The van der Waals surface area contributed by atoms with Crippen molar-refractivity contribution in [2.24, 2.45) is 0 Å². The zero-order valence-electron chi connectivity index (χ0n) is 14.8. The summed E-state index contributed by atoms with van der Waals surface area (Å²) in [6.45, 7) is -3.58. The van der Waals surface area contributed by atoms with Crippen LogP contribution in [0.25, 0.3) is 0 Å². The Hall–Kier alpha value is -3.56. The maximum Gasteiger partial charge on any atom is 0.387 e. The average Bonchev–Trinajstić information content (AvgIpc) is 2.66. The van der Waals surface area contributed by atoms with Gasteiger partial charge in [-0.05, 0) is 42.0 Å². The van der Waals surface area contributed by atoms with Gasteiger partial charge in [0.05, 0.1) is 5.92 Å². The molecule has 0 aromatic heterocycles. The number of carbonyl (C=O) groups is 3. The van der Waals surface area contributed by atoms with E-state index in [0.29, 0.717) is 5.56 Å². The van der Waals surface area contributed by atoms with Crippen molar-refractivity contribution >= 4 is 29.2 Å². The number of hydrogen-bond acceptors (Lipinski definition) is 5. The van der Waals surface area contributed by atoms with Crippen molar-refractivity contribution in [1.82, 2.24) is 0 Å². The Kier molecular flexibility index (Phi) is 6.01. The number of amides is 2. The molecule has 0 saturated carbocycles. The van der Waals surface area contributed by atoms with E-state index in [4.69, 9.17) is 4.74 Å². The standard InChI is InChI=1S/C19H15F3N2O5/c20-10-1-6-13-14(8-16(25)24-15(13)7-10)18(27)28-9-17(26)23-11-2-4-12(5-3-11)29-19(21)22/h1-7,14,19H,8-9H2,(H,23,26)(H,24,25). The quantitative estimate of drug-likeness (QED) is 0.717. The molecule has 1 atom stereocenters. The molecule has 3 rings (SSSR count). The smallest absolute Gasteiger partial charge is 0.387 e. The highest BCUT2D eigenvalue weighted by molar-refractivity contribution is 6.00. The molecule has 0 fully saturated rings. The topological polar surface area (TPSA) is 93.7 Å². The molecule has 0 spiro atoms. The maximum absolute atomic E-state index is 13.3. The number of rotatable bonds is 6. The largest absolute Gasteiger partial charge is 0.455 e. The summed E-state index contributed by atoms with van der Waals surface area (Å²) in [4.78, 5) is 36.0. The molecule has 29 heavy (non-hydrogen) atoms. The molecule has 2 aromatic rings. The predicted octanol–water partition coefficient (Wildman–Crippen LogP) is 3.03. The molecule has 10 heteroatoms. The Morgan fingerprint density at radius 3 is 2.59 bits per heavy atom. The number of nitrogens with one attached hydrogen (secondary N) is 2. The van der Waals surface area contributed by atoms with Crippen LogP contribution in [0, 0.1) is 5.82 Å². The van der Waals surface area contributed by atoms with Crippen molar-refractivity contribution < 1.29 is 37.0 Å². The minimum Gasteiger partial charge on any atom is -0.455 e. The summed E-state index contributed by atoms with van der Waals surface area (Å²) in [6.07, 6.45) is -0.190. The normalized spacial score (nSPS) is 15.3. The van der Waals surface area contributed by atoms with Gasteiger partial charge in [0, 0.05) is 17.8 Å². The van der Waals surface area contributed by atoms with Gasteiger partial charge in [0.15, 0.2) is 6.61 Å². The zero-order chi connectivity index (χ0) is 21.0. The number of benzene rings is 2. The Bertz CT molecular complexity index is 934. The van der Waals surface area contributed by atoms with Gasteiger partial charge in [-0.2, -0.15) is 8.78 Å². The SMILES string of the molecule is O=C(COC(=O)C1CC(=O)Nc2cc(F)ccc21)Nc1ccc(OC(F)F)cc1. The molecule has 2 aromatic carbocycles. The zero-order valence-corrected chi connectivity index (χ0v) is 14.8. The third kappa shape index (κ3) is 5.24. The monoisotopic (exact) mass is 408 g/mol. The van der Waals surface area contributed by atoms with Crippen molar-refractivity contribution in [3.63, 3.8) is 0 Å². The fraction of sp³-hybridized carbons (Fsp3) is 0.211. The Balaban J connectivity index is 1.57. The summed E-state index contributed by atoms with van der Waals surface area (Å²) in [5, 5.41) is 4.90. The van der Waals surface area contributed by atoms with Crippen LogP contribution < -0.4 is 15.4 Å². The van der Waals surface area contributed by atoms with Crippen LogP contribution in [0.4, 0.5) is 24.5 Å². The lowest BCUT2D eigenvalue weighted by Crippen LogP contribution is -2.30. The lowest BCUT2D eigenvalue weighted by molar-refractivity contribution is -0.149. The lowest BCUT2D eigenvalue weighted by atomic mass is 9.90. The molecule has 0 radical (unpaired) electrons. The molecule has 1 unspecified atom stereocenters. The summed E-state index contributed by atoms with van der Waals surface area (Å²) in [7, 11) is 0. The van der Waals surface area contributed by atoms with E-state index in [2.05, 4.69) is 15.4 Å². The van der Waals surface area contributed by atoms with Gasteiger partial charge in [-0.3, -0.25) is 14.4 Å². The van der Waals surface area contributed by atoms with Crippen molar-refractivity contribution in [3.8, 4) is 5.75 Å². The molecule has 0 aliphatic carbocycles. The van der Waals surface area contributed by atoms with Crippen molar-refractivity contribution in [2.75, 3.05) is 17.2 Å². The number of esters is 1. The van der Waals surface area contributed by atoms with Gasteiger partial charge in [0.1, 0.15) is 11.6 Å². The maximum atomic E-state index is 13.3. The van der Waals surface area contributed by atoms with Crippen LogP contribution >= 0.6 is 0 Å². The first kappa shape index (κ1) is 20.2. The number of anilines is 2. The van der Waals surface area contributed by atoms with E-state index in [9.17, 15) is 27.6 Å². The third-order valence-electron chi connectivity index (χ3n) is 4.05. The highest BCUT2D eigenvalue weighted by Crippen LogP contribution is 2.33. The van der Waals surface area contributed by atoms with Gasteiger partial charge >= 0.3 is 12.6 Å². The van der Waals surface area contributed by atoms with Gasteiger partial charge in [-0.1, -0.05) is 6.07 Å². The highest BCUT2D eigenvalue weighted by atomic mass is 19.3. The number of ether oxygens (including phenoxy) is 2. The number of carbonyl (C=O) groups excluding carboxylic acids is 3. The van der Waals surface area contributed by atoms with Crippen LogP contribution in [0.1, 0.15) is 17.9 Å². The number of hydrogen-bond donors (Lipinski definition) is 2. The molecule has 1 aliphatic heterocycles. The Morgan fingerprint density at radius 1 is 1.17 bits per heavy atom. The van der Waals surface area contributed by atoms with Gasteiger partial charge in [0.25, 0.3) is 5.91 Å². The van der Waals surface area contributed by atoms with Crippen molar-refractivity contribution in [1.29, 1.82) is 0 Å². The number of alkyl halides is 2. The first-order valence-corrected chi connectivity index (χ1v) is 8.42. The van der Waals surface area contributed by atoms with E-state index >= 15 is 0 Å². The number of halogens is 3. The van der Waals surface area contributed by atoms with E-state index in [1.165, 1.54) is 30.3 Å². The molecular formula is C19H15F3N2O5. The van der Waals surface area contributed by atoms with Gasteiger partial charge < -0.3 is 20.1 Å². The van der Waals surface area contributed by atoms with Gasteiger partial charge in [-0.15, -0.1) is 0 Å². The van der Waals surface area contributed by atoms with E-state index in [1.807, 2.05) is 0 Å². The van der Waals surface area contributed by atoms with Crippen LogP contribution in [-0.4, -0.2) is 31.0 Å². The Labute approximate surface area is 162 Å². The summed E-state index contributed by atoms with van der Waals surface area (Å²) in [5.41, 5.74) is 0.857. The first-order valence-electron chi connectivity index (χ1n) is 8.42. The Morgan fingerprint density at radius 2 is 1.90 bits per heavy atom. The molecule has 0 bridgehead atoms. The molecule has 1 heterocycles. The van der Waals surface area contributed by atoms with Crippen LogP contribution in [0.5, 0.6) is 5.75 Å². The first-order chi connectivity index (χ1) is 13.8. The van der Waals surface area contributed by atoms with E-state index in [0.717, 1.165) is 12.1 Å². The van der Waals surface area contributed by atoms with Crippen molar-refractivity contribution in [2.45, 2.75) is 19.0 Å². The molecule has 1 aliphatic rings. The molecule has 2 amide bonds. The summed E-state index contributed by atoms with van der Waals surface area (Å²) < 4.78 is 46.7. The van der Waals surface area contributed by atoms with Crippen LogP contribution in [0.2, 0.25) is 0 Å². The average molecular weight is 408 g/mol. The fourth-order valence-electron chi connectivity index (χ4n) is 2.80. The van der Waals surface area contributed by atoms with Gasteiger partial charge in [0.2, 0.25) is 5.91 Å².